The predicted octanol–water partition coefficient (Wildman–Crippen LogP) is 3.64. The van der Waals surface area contributed by atoms with Crippen LogP contribution in [0.4, 0.5) is 0 Å². The maximum Gasteiger partial charge on any atom is 0.0669 e. The molecule has 2 aromatic rings. The summed E-state index contributed by atoms with van der Waals surface area (Å²) >= 11 is 0. The molecule has 1 heterocycles. The van der Waals surface area contributed by atoms with E-state index in [1.807, 2.05) is 6.07 Å². The fourth-order valence-corrected chi connectivity index (χ4v) is 3.19. The van der Waals surface area contributed by atoms with Gasteiger partial charge in [-0.1, -0.05) is 60.7 Å². The highest BCUT2D eigenvalue weighted by atomic mass is 15.2. The minimum absolute atomic E-state index is 0.169. The first kappa shape index (κ1) is 13.9. The third kappa shape index (κ3) is 3.51. The van der Waals surface area contributed by atoms with Crippen molar-refractivity contribution in [2.75, 3.05) is 6.54 Å². The third-order valence-electron chi connectivity index (χ3n) is 4.25. The van der Waals surface area contributed by atoms with Crippen molar-refractivity contribution >= 4 is 0 Å². The van der Waals surface area contributed by atoms with Gasteiger partial charge in [-0.3, -0.25) is 4.90 Å². The van der Waals surface area contributed by atoms with Crippen LogP contribution in [-0.4, -0.2) is 17.5 Å². The quantitative estimate of drug-likeness (QED) is 0.852. The molecule has 2 nitrogen and oxygen atoms in total. The van der Waals surface area contributed by atoms with E-state index in [0.717, 1.165) is 25.9 Å². The van der Waals surface area contributed by atoms with Gasteiger partial charge < -0.3 is 0 Å². The summed E-state index contributed by atoms with van der Waals surface area (Å²) < 4.78 is 0. The first-order chi connectivity index (χ1) is 10.3. The molecule has 2 atom stereocenters. The number of benzene rings is 2. The molecule has 1 fully saturated rings. The van der Waals surface area contributed by atoms with E-state index in [2.05, 4.69) is 65.6 Å². The van der Waals surface area contributed by atoms with Crippen molar-refractivity contribution in [1.82, 2.24) is 4.90 Å². The molecule has 1 aliphatic rings. The second kappa shape index (κ2) is 6.56. The molecule has 0 bridgehead atoms. The van der Waals surface area contributed by atoms with Crippen LogP contribution in [0, 0.1) is 17.2 Å². The van der Waals surface area contributed by atoms with Gasteiger partial charge in [0.25, 0.3) is 0 Å². The highest BCUT2D eigenvalue weighted by molar-refractivity contribution is 5.18. The molecule has 0 radical (unpaired) electrons. The van der Waals surface area contributed by atoms with Crippen molar-refractivity contribution in [3.63, 3.8) is 0 Å². The van der Waals surface area contributed by atoms with Gasteiger partial charge in [0.15, 0.2) is 0 Å². The average molecular weight is 276 g/mol. The molecular formula is C19H20N2. The third-order valence-corrected chi connectivity index (χ3v) is 4.25. The fraction of sp³-hybridized carbons (Fsp3) is 0.316. The van der Waals surface area contributed by atoms with Crippen LogP contribution in [0.25, 0.3) is 0 Å². The summed E-state index contributed by atoms with van der Waals surface area (Å²) in [5.41, 5.74) is 2.69. The normalized spacial score (nSPS) is 22.0. The molecule has 1 aliphatic heterocycles. The molecule has 1 saturated heterocycles. The van der Waals surface area contributed by atoms with Gasteiger partial charge in [0, 0.05) is 19.1 Å². The Labute approximate surface area is 126 Å². The van der Waals surface area contributed by atoms with Crippen LogP contribution in [0.15, 0.2) is 60.7 Å². The van der Waals surface area contributed by atoms with Gasteiger partial charge in [-0.25, -0.2) is 0 Å². The molecule has 1 unspecified atom stereocenters. The molecule has 106 valence electrons. The lowest BCUT2D eigenvalue weighted by atomic mass is 10.0. The van der Waals surface area contributed by atoms with E-state index in [4.69, 9.17) is 0 Å². The molecule has 2 heteroatoms. The summed E-state index contributed by atoms with van der Waals surface area (Å²) in [6.45, 7) is 1.83. The van der Waals surface area contributed by atoms with Gasteiger partial charge in [-0.2, -0.15) is 5.26 Å². The van der Waals surface area contributed by atoms with Crippen molar-refractivity contribution in [2.45, 2.75) is 25.4 Å². The maximum absolute atomic E-state index is 9.26. The summed E-state index contributed by atoms with van der Waals surface area (Å²) in [4.78, 5) is 2.47. The number of rotatable bonds is 4. The largest absolute Gasteiger partial charge is 0.294 e. The molecule has 3 rings (SSSR count). The first-order valence-electron chi connectivity index (χ1n) is 7.56. The zero-order valence-electron chi connectivity index (χ0n) is 12.2. The summed E-state index contributed by atoms with van der Waals surface area (Å²) in [7, 11) is 0. The van der Waals surface area contributed by atoms with E-state index in [1.165, 1.54) is 11.1 Å². The van der Waals surface area contributed by atoms with E-state index in [1.54, 1.807) is 0 Å². The summed E-state index contributed by atoms with van der Waals surface area (Å²) in [6, 6.07) is 24.1. The lowest BCUT2D eigenvalue weighted by Crippen LogP contribution is -2.30. The second-order valence-electron chi connectivity index (χ2n) is 5.82. The Morgan fingerprint density at radius 3 is 2.19 bits per heavy atom. The first-order valence-corrected chi connectivity index (χ1v) is 7.56. The van der Waals surface area contributed by atoms with E-state index < -0.39 is 0 Å². The van der Waals surface area contributed by atoms with Gasteiger partial charge in [-0.15, -0.1) is 0 Å². The van der Waals surface area contributed by atoms with E-state index in [-0.39, 0.29) is 5.92 Å². The number of nitriles is 1. The Balaban J connectivity index is 1.72. The topological polar surface area (TPSA) is 27.0 Å². The average Bonchev–Trinajstić information content (AvgIpc) is 2.91. The van der Waals surface area contributed by atoms with Crippen LogP contribution in [0.3, 0.4) is 0 Å². The van der Waals surface area contributed by atoms with Crippen molar-refractivity contribution in [2.24, 2.45) is 5.92 Å². The maximum atomic E-state index is 9.26. The second-order valence-corrected chi connectivity index (χ2v) is 5.82. The molecule has 0 saturated carbocycles. The molecule has 2 aromatic carbocycles. The standard InChI is InChI=1S/C19H20N2/c20-13-18-12-19(11-16-7-3-1-4-8-16)21(15-18)14-17-9-5-2-6-10-17/h1-10,18-19H,11-12,14-15H2/t18?,19-/m0/s1. The Morgan fingerprint density at radius 1 is 0.952 bits per heavy atom. The van der Waals surface area contributed by atoms with Crippen LogP contribution < -0.4 is 0 Å². The number of nitrogens with zero attached hydrogens (tertiary/aromatic N) is 2. The van der Waals surface area contributed by atoms with Crippen molar-refractivity contribution < 1.29 is 0 Å². The molecule has 0 spiro atoms. The smallest absolute Gasteiger partial charge is 0.0669 e. The van der Waals surface area contributed by atoms with E-state index in [0.29, 0.717) is 6.04 Å². The molecule has 0 aromatic heterocycles. The number of hydrogen-bond acceptors (Lipinski definition) is 2. The SMILES string of the molecule is N#CC1C[C@H](Cc2ccccc2)N(Cc2ccccc2)C1. The van der Waals surface area contributed by atoms with Crippen LogP contribution in [0.1, 0.15) is 17.5 Å². The Bertz CT molecular complexity index is 551. The van der Waals surface area contributed by atoms with Crippen LogP contribution in [-0.2, 0) is 13.0 Å². The lowest BCUT2D eigenvalue weighted by Gasteiger charge is -2.24. The molecular weight excluding hydrogens is 256 g/mol. The van der Waals surface area contributed by atoms with Gasteiger partial charge in [0.05, 0.1) is 12.0 Å². The minimum atomic E-state index is 0.169. The van der Waals surface area contributed by atoms with Crippen LogP contribution in [0.5, 0.6) is 0 Å². The number of hydrogen-bond donors (Lipinski definition) is 0. The lowest BCUT2D eigenvalue weighted by molar-refractivity contribution is 0.242. The van der Waals surface area contributed by atoms with Crippen molar-refractivity contribution in [3.05, 3.63) is 71.8 Å². The van der Waals surface area contributed by atoms with Gasteiger partial charge in [0.1, 0.15) is 0 Å². The fourth-order valence-electron chi connectivity index (χ4n) is 3.19. The van der Waals surface area contributed by atoms with Crippen LogP contribution >= 0.6 is 0 Å². The zero-order chi connectivity index (χ0) is 14.5. The number of likely N-dealkylation sites (tertiary alicyclic amines) is 1. The Kier molecular flexibility index (Phi) is 4.33. The monoisotopic (exact) mass is 276 g/mol. The van der Waals surface area contributed by atoms with Crippen molar-refractivity contribution in [3.8, 4) is 6.07 Å². The van der Waals surface area contributed by atoms with Crippen molar-refractivity contribution in [1.29, 1.82) is 5.26 Å². The predicted molar refractivity (Wildman–Crippen MR) is 84.5 cm³/mol. The highest BCUT2D eigenvalue weighted by Gasteiger charge is 2.31. The highest BCUT2D eigenvalue weighted by Crippen LogP contribution is 2.27. The molecule has 21 heavy (non-hydrogen) atoms. The summed E-state index contributed by atoms with van der Waals surface area (Å²) in [5.74, 6) is 0.169. The summed E-state index contributed by atoms with van der Waals surface area (Å²) in [5, 5.41) is 9.26. The molecule has 0 aliphatic carbocycles. The van der Waals surface area contributed by atoms with Gasteiger partial charge >= 0.3 is 0 Å². The molecule has 0 amide bonds. The van der Waals surface area contributed by atoms with Gasteiger partial charge in [-0.05, 0) is 24.0 Å². The van der Waals surface area contributed by atoms with E-state index >= 15 is 0 Å². The Morgan fingerprint density at radius 2 is 1.57 bits per heavy atom. The minimum Gasteiger partial charge on any atom is -0.294 e. The zero-order valence-corrected chi connectivity index (χ0v) is 12.2. The summed E-state index contributed by atoms with van der Waals surface area (Å²) in [6.07, 6.45) is 2.02. The van der Waals surface area contributed by atoms with Gasteiger partial charge in [0.2, 0.25) is 0 Å². The van der Waals surface area contributed by atoms with Crippen LogP contribution in [0.2, 0.25) is 0 Å². The Hall–Kier alpha value is -2.11. The molecule has 0 N–H and O–H groups in total. The van der Waals surface area contributed by atoms with E-state index in [9.17, 15) is 5.26 Å².